The Morgan fingerprint density at radius 3 is 2.00 bits per heavy atom. The minimum atomic E-state index is -0.472. The van der Waals surface area contributed by atoms with E-state index in [2.05, 4.69) is 35.1 Å². The maximum absolute atomic E-state index is 12.0. The first-order valence-electron chi connectivity index (χ1n) is 11.6. The van der Waals surface area contributed by atoms with Crippen molar-refractivity contribution in [3.05, 3.63) is 71.3 Å². The Hall–Kier alpha value is -2.90. The van der Waals surface area contributed by atoms with Gasteiger partial charge >= 0.3 is 5.97 Å². The summed E-state index contributed by atoms with van der Waals surface area (Å²) < 4.78 is 0. The van der Waals surface area contributed by atoms with Crippen LogP contribution in [-0.4, -0.2) is 30.9 Å². The second-order valence-electron chi connectivity index (χ2n) is 8.05. The zero-order valence-electron chi connectivity index (χ0n) is 19.6. The van der Waals surface area contributed by atoms with Gasteiger partial charge in [-0.15, -0.1) is 12.4 Å². The van der Waals surface area contributed by atoms with Gasteiger partial charge in [-0.2, -0.15) is 5.48 Å². The molecule has 2 aromatic rings. The highest BCUT2D eigenvalue weighted by molar-refractivity contribution is 5.85. The van der Waals surface area contributed by atoms with E-state index in [0.717, 1.165) is 44.1 Å². The van der Waals surface area contributed by atoms with Crippen LogP contribution in [0.5, 0.6) is 0 Å². The van der Waals surface area contributed by atoms with Crippen LogP contribution in [0.3, 0.4) is 0 Å². The van der Waals surface area contributed by atoms with E-state index in [0.29, 0.717) is 13.0 Å². The normalized spacial score (nSPS) is 10.1. The summed E-state index contributed by atoms with van der Waals surface area (Å²) in [7, 11) is 0. The predicted octanol–water partition coefficient (Wildman–Crippen LogP) is 3.43. The summed E-state index contributed by atoms with van der Waals surface area (Å²) in [6, 6.07) is 18.5. The summed E-state index contributed by atoms with van der Waals surface area (Å²) in [5.74, 6) is -1.02. The second kappa shape index (κ2) is 17.6. The number of carbonyl (C=O) groups excluding carboxylic acids is 3. The van der Waals surface area contributed by atoms with Crippen molar-refractivity contribution in [2.45, 2.75) is 57.8 Å². The minimum absolute atomic E-state index is 0. The lowest BCUT2D eigenvalue weighted by Crippen LogP contribution is -2.30. The van der Waals surface area contributed by atoms with Gasteiger partial charge in [-0.05, 0) is 55.2 Å². The van der Waals surface area contributed by atoms with Gasteiger partial charge in [-0.25, -0.2) is 4.79 Å². The summed E-state index contributed by atoms with van der Waals surface area (Å²) in [5.41, 5.74) is 10.9. The maximum Gasteiger partial charge on any atom is 0.332 e. The number of benzene rings is 2. The van der Waals surface area contributed by atoms with E-state index in [9.17, 15) is 14.4 Å². The third kappa shape index (κ3) is 13.0. The van der Waals surface area contributed by atoms with Crippen LogP contribution in [0.4, 0.5) is 0 Å². The van der Waals surface area contributed by atoms with Crippen LogP contribution < -0.4 is 16.5 Å². The number of hydroxylamine groups is 1. The molecule has 34 heavy (non-hydrogen) atoms. The van der Waals surface area contributed by atoms with Gasteiger partial charge in [0.2, 0.25) is 5.91 Å². The Labute approximate surface area is 208 Å². The summed E-state index contributed by atoms with van der Waals surface area (Å²) in [6.07, 6.45) is 6.88. The maximum atomic E-state index is 12.0. The fraction of sp³-hybridized carbons (Fsp3) is 0.423. The van der Waals surface area contributed by atoms with Crippen LogP contribution in [0.25, 0.3) is 0 Å². The van der Waals surface area contributed by atoms with Crippen LogP contribution in [0.15, 0.2) is 54.6 Å². The predicted molar refractivity (Wildman–Crippen MR) is 135 cm³/mol. The van der Waals surface area contributed by atoms with E-state index in [-0.39, 0.29) is 43.6 Å². The standard InChI is InChI=1S/C26H35N3O4.ClH/c27-20-25(31)28-18-8-2-5-13-26(32)33-29-24(30)19-23-16-14-22(15-17-23)12-7-6-11-21-9-3-1-4-10-21;/h1,3-4,9-10,14-17H,2,5-8,11-13,18-20,27H2,(H,28,31)(H,29,30);1H. The smallest absolute Gasteiger partial charge is 0.332 e. The second-order valence-corrected chi connectivity index (χ2v) is 8.05. The number of amides is 2. The minimum Gasteiger partial charge on any atom is -0.355 e. The average Bonchev–Trinajstić information content (AvgIpc) is 2.84. The van der Waals surface area contributed by atoms with Gasteiger partial charge < -0.3 is 15.9 Å². The molecule has 0 fully saturated rings. The summed E-state index contributed by atoms with van der Waals surface area (Å²) in [6.45, 7) is 0.514. The largest absolute Gasteiger partial charge is 0.355 e. The van der Waals surface area contributed by atoms with Gasteiger partial charge in [-0.1, -0.05) is 61.0 Å². The number of unbranched alkanes of at least 4 members (excludes halogenated alkanes) is 3. The Morgan fingerprint density at radius 2 is 1.35 bits per heavy atom. The summed E-state index contributed by atoms with van der Waals surface area (Å²) in [4.78, 5) is 39.6. The van der Waals surface area contributed by atoms with Crippen LogP contribution in [0, 0.1) is 0 Å². The highest BCUT2D eigenvalue weighted by Crippen LogP contribution is 2.11. The molecule has 0 aliphatic rings. The monoisotopic (exact) mass is 489 g/mol. The van der Waals surface area contributed by atoms with Crippen molar-refractivity contribution < 1.29 is 19.2 Å². The van der Waals surface area contributed by atoms with Gasteiger partial charge in [0.05, 0.1) is 13.0 Å². The van der Waals surface area contributed by atoms with E-state index in [4.69, 9.17) is 10.6 Å². The molecule has 0 bridgehead atoms. The molecule has 0 heterocycles. The first-order valence-corrected chi connectivity index (χ1v) is 11.6. The number of aryl methyl sites for hydroxylation is 2. The van der Waals surface area contributed by atoms with Crippen LogP contribution in [-0.2, 0) is 38.5 Å². The van der Waals surface area contributed by atoms with Crippen LogP contribution in [0.1, 0.15) is 55.2 Å². The number of carbonyl (C=O) groups is 3. The number of nitrogens with two attached hydrogens (primary N) is 1. The molecule has 186 valence electrons. The Morgan fingerprint density at radius 1 is 0.735 bits per heavy atom. The topological polar surface area (TPSA) is 111 Å². The molecule has 7 nitrogen and oxygen atoms in total. The molecule has 0 aromatic heterocycles. The molecule has 0 spiro atoms. The molecule has 0 saturated heterocycles. The third-order valence-corrected chi connectivity index (χ3v) is 5.26. The van der Waals surface area contributed by atoms with Crippen molar-refractivity contribution in [3.63, 3.8) is 0 Å². The van der Waals surface area contributed by atoms with E-state index >= 15 is 0 Å². The van der Waals surface area contributed by atoms with E-state index in [1.165, 1.54) is 11.1 Å². The lowest BCUT2D eigenvalue weighted by molar-refractivity contribution is -0.158. The molecular formula is C26H36ClN3O4. The quantitative estimate of drug-likeness (QED) is 0.278. The molecular weight excluding hydrogens is 454 g/mol. The first kappa shape index (κ1) is 29.1. The van der Waals surface area contributed by atoms with Crippen molar-refractivity contribution >= 4 is 30.2 Å². The van der Waals surface area contributed by atoms with Crippen molar-refractivity contribution in [2.75, 3.05) is 13.1 Å². The molecule has 0 atom stereocenters. The fourth-order valence-electron chi connectivity index (χ4n) is 3.38. The van der Waals surface area contributed by atoms with Crippen molar-refractivity contribution in [1.82, 2.24) is 10.8 Å². The Bertz CT molecular complexity index is 860. The summed E-state index contributed by atoms with van der Waals surface area (Å²) in [5, 5.41) is 2.67. The molecule has 0 saturated carbocycles. The SMILES string of the molecule is Cl.NCC(=O)NCCCCCC(=O)ONC(=O)Cc1ccc(CCCCc2ccccc2)cc1. The highest BCUT2D eigenvalue weighted by atomic mass is 35.5. The molecule has 8 heteroatoms. The van der Waals surface area contributed by atoms with Crippen molar-refractivity contribution in [2.24, 2.45) is 5.73 Å². The zero-order valence-corrected chi connectivity index (χ0v) is 20.4. The first-order chi connectivity index (χ1) is 16.1. The molecule has 0 unspecified atom stereocenters. The lowest BCUT2D eigenvalue weighted by Gasteiger charge is -2.07. The number of halogens is 1. The molecule has 0 radical (unpaired) electrons. The van der Waals surface area contributed by atoms with Crippen molar-refractivity contribution in [1.29, 1.82) is 0 Å². The van der Waals surface area contributed by atoms with Gasteiger partial charge in [0, 0.05) is 13.0 Å². The zero-order chi connectivity index (χ0) is 23.7. The molecule has 0 aliphatic carbocycles. The average molecular weight is 490 g/mol. The van der Waals surface area contributed by atoms with E-state index in [1.807, 2.05) is 30.3 Å². The van der Waals surface area contributed by atoms with Gasteiger partial charge in [0.25, 0.3) is 5.91 Å². The number of nitrogens with one attached hydrogen (secondary N) is 2. The van der Waals surface area contributed by atoms with Gasteiger partial charge in [0.1, 0.15) is 0 Å². The third-order valence-electron chi connectivity index (χ3n) is 5.26. The number of hydrogen-bond acceptors (Lipinski definition) is 5. The Balaban J connectivity index is 0.00000578. The molecule has 2 aromatic carbocycles. The van der Waals surface area contributed by atoms with E-state index < -0.39 is 5.97 Å². The molecule has 0 aliphatic heterocycles. The molecule has 2 rings (SSSR count). The van der Waals surface area contributed by atoms with Crippen LogP contribution >= 0.6 is 12.4 Å². The molecule has 2 amide bonds. The highest BCUT2D eigenvalue weighted by Gasteiger charge is 2.08. The van der Waals surface area contributed by atoms with Gasteiger partial charge in [-0.3, -0.25) is 9.59 Å². The fourth-order valence-corrected chi connectivity index (χ4v) is 3.38. The number of hydrogen-bond donors (Lipinski definition) is 3. The lowest BCUT2D eigenvalue weighted by atomic mass is 10.0. The van der Waals surface area contributed by atoms with E-state index in [1.54, 1.807) is 0 Å². The van der Waals surface area contributed by atoms with Crippen molar-refractivity contribution in [3.8, 4) is 0 Å². The Kier molecular flexibility index (Phi) is 15.0. The number of rotatable bonds is 14. The van der Waals surface area contributed by atoms with Gasteiger partial charge in [0.15, 0.2) is 0 Å². The van der Waals surface area contributed by atoms with Crippen LogP contribution in [0.2, 0.25) is 0 Å². The summed E-state index contributed by atoms with van der Waals surface area (Å²) >= 11 is 0. The molecule has 4 N–H and O–H groups in total.